The zero-order valence-electron chi connectivity index (χ0n) is 7.98. The van der Waals surface area contributed by atoms with E-state index in [1.54, 1.807) is 0 Å². The maximum atomic E-state index is 2.25. The molecule has 0 aromatic rings. The van der Waals surface area contributed by atoms with Gasteiger partial charge < -0.3 is 4.90 Å². The molecular formula is C8H21NS. The standard InChI is InChI=1S/C5H13N.C3H8S/c1-4-6(3)5-2;1-3-4-2/h4-5H2,1-3H3;3H2,1-2H3. The lowest BCUT2D eigenvalue weighted by molar-refractivity contribution is 0.373. The summed E-state index contributed by atoms with van der Waals surface area (Å²) in [5.41, 5.74) is 0. The zero-order valence-corrected chi connectivity index (χ0v) is 8.79. The molecule has 64 valence electrons. The molecule has 0 fully saturated rings. The number of hydrogen-bond donors (Lipinski definition) is 0. The highest BCUT2D eigenvalue weighted by Crippen LogP contribution is 1.83. The second kappa shape index (κ2) is 12.0. The van der Waals surface area contributed by atoms with Gasteiger partial charge in [-0.15, -0.1) is 0 Å². The van der Waals surface area contributed by atoms with Crippen LogP contribution < -0.4 is 0 Å². The Morgan fingerprint density at radius 3 is 1.40 bits per heavy atom. The fourth-order valence-electron chi connectivity index (χ4n) is 0.224. The molecule has 0 amide bonds. The molecular weight excluding hydrogens is 142 g/mol. The van der Waals surface area contributed by atoms with Crippen LogP contribution in [-0.2, 0) is 0 Å². The zero-order chi connectivity index (χ0) is 8.41. The first-order chi connectivity index (χ1) is 4.72. The third kappa shape index (κ3) is 15.7. The smallest absolute Gasteiger partial charge is 0.00504 e. The molecule has 0 N–H and O–H groups in total. The quantitative estimate of drug-likeness (QED) is 0.628. The largest absolute Gasteiger partial charge is 0.307 e. The highest BCUT2D eigenvalue weighted by Gasteiger charge is 1.81. The van der Waals surface area contributed by atoms with Crippen LogP contribution in [0.25, 0.3) is 0 Å². The second-order valence-corrected chi connectivity index (χ2v) is 3.22. The summed E-state index contributed by atoms with van der Waals surface area (Å²) in [6.07, 6.45) is 2.10. The Morgan fingerprint density at radius 1 is 1.10 bits per heavy atom. The molecule has 2 heteroatoms. The van der Waals surface area contributed by atoms with Gasteiger partial charge in [0.25, 0.3) is 0 Å². The van der Waals surface area contributed by atoms with Crippen molar-refractivity contribution in [3.05, 3.63) is 0 Å². The van der Waals surface area contributed by atoms with E-state index in [9.17, 15) is 0 Å². The Morgan fingerprint density at radius 2 is 1.40 bits per heavy atom. The summed E-state index contributed by atoms with van der Waals surface area (Å²) in [5, 5.41) is 0. The molecule has 0 heterocycles. The summed E-state index contributed by atoms with van der Waals surface area (Å²) in [6.45, 7) is 8.78. The van der Waals surface area contributed by atoms with E-state index in [4.69, 9.17) is 0 Å². The van der Waals surface area contributed by atoms with Crippen molar-refractivity contribution in [2.45, 2.75) is 20.8 Å². The molecule has 0 aromatic heterocycles. The summed E-state index contributed by atoms with van der Waals surface area (Å²) in [7, 11) is 2.11. The van der Waals surface area contributed by atoms with Gasteiger partial charge in [-0.3, -0.25) is 0 Å². The van der Waals surface area contributed by atoms with Crippen LogP contribution in [0.3, 0.4) is 0 Å². The molecule has 0 radical (unpaired) electrons. The van der Waals surface area contributed by atoms with E-state index >= 15 is 0 Å². The SMILES string of the molecule is CCN(C)CC.CCSC. The van der Waals surface area contributed by atoms with Crippen LogP contribution >= 0.6 is 11.8 Å². The van der Waals surface area contributed by atoms with E-state index in [1.165, 1.54) is 5.75 Å². The van der Waals surface area contributed by atoms with E-state index in [1.807, 2.05) is 11.8 Å². The Labute approximate surface area is 70.2 Å². The summed E-state index contributed by atoms with van der Waals surface area (Å²) < 4.78 is 0. The van der Waals surface area contributed by atoms with Crippen LogP contribution in [0.15, 0.2) is 0 Å². The molecule has 0 rings (SSSR count). The van der Waals surface area contributed by atoms with Gasteiger partial charge in [-0.25, -0.2) is 0 Å². The number of thioether (sulfide) groups is 1. The Hall–Kier alpha value is 0.310. The van der Waals surface area contributed by atoms with E-state index in [0.717, 1.165) is 13.1 Å². The minimum absolute atomic E-state index is 1.16. The first-order valence-electron chi connectivity index (χ1n) is 3.90. The number of rotatable bonds is 3. The van der Waals surface area contributed by atoms with Gasteiger partial charge in [-0.2, -0.15) is 11.8 Å². The maximum Gasteiger partial charge on any atom is -0.00504 e. The van der Waals surface area contributed by atoms with E-state index in [0.29, 0.717) is 0 Å². The normalized spacial score (nSPS) is 9.00. The average molecular weight is 163 g/mol. The number of nitrogens with zero attached hydrogens (tertiary/aromatic N) is 1. The average Bonchev–Trinajstić information content (AvgIpc) is 2.03. The second-order valence-electron chi connectivity index (χ2n) is 2.07. The summed E-state index contributed by atoms with van der Waals surface area (Å²) >= 11 is 1.86. The molecule has 0 spiro atoms. The van der Waals surface area contributed by atoms with Gasteiger partial charge in [0.05, 0.1) is 0 Å². The van der Waals surface area contributed by atoms with E-state index in [2.05, 4.69) is 39.0 Å². The Kier molecular flexibility index (Phi) is 15.6. The molecule has 0 saturated carbocycles. The van der Waals surface area contributed by atoms with Crippen molar-refractivity contribution in [1.29, 1.82) is 0 Å². The fraction of sp³-hybridized carbons (Fsp3) is 1.00. The monoisotopic (exact) mass is 163 g/mol. The van der Waals surface area contributed by atoms with Gasteiger partial charge in [-0.1, -0.05) is 20.8 Å². The first-order valence-corrected chi connectivity index (χ1v) is 5.29. The lowest BCUT2D eigenvalue weighted by Gasteiger charge is -2.07. The van der Waals surface area contributed by atoms with Crippen LogP contribution in [-0.4, -0.2) is 37.0 Å². The van der Waals surface area contributed by atoms with Gasteiger partial charge in [0.1, 0.15) is 0 Å². The van der Waals surface area contributed by atoms with Crippen LogP contribution in [0.5, 0.6) is 0 Å². The molecule has 0 aliphatic rings. The summed E-state index contributed by atoms with van der Waals surface area (Å²) in [5.74, 6) is 1.24. The highest BCUT2D eigenvalue weighted by atomic mass is 32.2. The molecule has 0 unspecified atom stereocenters. The van der Waals surface area contributed by atoms with Crippen molar-refractivity contribution < 1.29 is 0 Å². The van der Waals surface area contributed by atoms with Crippen LogP contribution in [0.4, 0.5) is 0 Å². The van der Waals surface area contributed by atoms with Crippen molar-refractivity contribution in [3.8, 4) is 0 Å². The van der Waals surface area contributed by atoms with Crippen LogP contribution in [0, 0.1) is 0 Å². The molecule has 0 aliphatic heterocycles. The molecule has 0 bridgehead atoms. The highest BCUT2D eigenvalue weighted by molar-refractivity contribution is 7.98. The lowest BCUT2D eigenvalue weighted by atomic mass is 10.6. The third-order valence-corrected chi connectivity index (χ3v) is 1.95. The van der Waals surface area contributed by atoms with Crippen molar-refractivity contribution in [3.63, 3.8) is 0 Å². The topological polar surface area (TPSA) is 3.24 Å². The summed E-state index contributed by atoms with van der Waals surface area (Å²) in [4.78, 5) is 2.25. The molecule has 0 aromatic carbocycles. The first kappa shape index (κ1) is 12.9. The van der Waals surface area contributed by atoms with Crippen molar-refractivity contribution in [2.75, 3.05) is 32.1 Å². The molecule has 10 heavy (non-hydrogen) atoms. The minimum Gasteiger partial charge on any atom is -0.307 e. The number of hydrogen-bond acceptors (Lipinski definition) is 2. The third-order valence-electron chi connectivity index (χ3n) is 1.37. The molecule has 1 nitrogen and oxygen atoms in total. The fourth-order valence-corrected chi connectivity index (χ4v) is 0.224. The van der Waals surface area contributed by atoms with Gasteiger partial charge in [0, 0.05) is 0 Å². The molecule has 0 atom stereocenters. The van der Waals surface area contributed by atoms with Crippen LogP contribution in [0.1, 0.15) is 20.8 Å². The summed E-state index contributed by atoms with van der Waals surface area (Å²) in [6, 6.07) is 0. The molecule has 0 aliphatic carbocycles. The molecule has 0 saturated heterocycles. The Bertz CT molecular complexity index is 42.5. The van der Waals surface area contributed by atoms with Gasteiger partial charge in [0.15, 0.2) is 0 Å². The lowest BCUT2D eigenvalue weighted by Crippen LogP contribution is -2.15. The minimum atomic E-state index is 1.16. The van der Waals surface area contributed by atoms with E-state index in [-0.39, 0.29) is 0 Å². The van der Waals surface area contributed by atoms with E-state index < -0.39 is 0 Å². The maximum absolute atomic E-state index is 2.25. The predicted molar refractivity (Wildman–Crippen MR) is 52.9 cm³/mol. The Balaban J connectivity index is 0. The van der Waals surface area contributed by atoms with Crippen molar-refractivity contribution in [2.24, 2.45) is 0 Å². The predicted octanol–water partition coefficient (Wildman–Crippen LogP) is 2.33. The van der Waals surface area contributed by atoms with Gasteiger partial charge in [0.2, 0.25) is 0 Å². The van der Waals surface area contributed by atoms with Crippen LogP contribution in [0.2, 0.25) is 0 Å². The van der Waals surface area contributed by atoms with Gasteiger partial charge in [-0.05, 0) is 32.1 Å². The van der Waals surface area contributed by atoms with Gasteiger partial charge >= 0.3 is 0 Å². The van der Waals surface area contributed by atoms with Crippen molar-refractivity contribution >= 4 is 11.8 Å². The van der Waals surface area contributed by atoms with Crippen molar-refractivity contribution in [1.82, 2.24) is 4.90 Å².